The molecule has 0 spiro atoms. The molecule has 0 heterocycles. The fraction of sp³-hybridized carbons (Fsp3) is 1.00. The standard InChI is InChI=1S/C17H34N2/c1-14-8-7-11-16(12-14)19(3)13-17(18-2)15-9-5-4-6-10-15/h14-18H,4-13H2,1-3H3. The molecule has 0 aromatic rings. The van der Waals surface area contributed by atoms with E-state index in [2.05, 4.69) is 31.2 Å². The van der Waals surface area contributed by atoms with Gasteiger partial charge >= 0.3 is 0 Å². The summed E-state index contributed by atoms with van der Waals surface area (Å²) in [6, 6.07) is 1.55. The Morgan fingerprint density at radius 1 is 1.05 bits per heavy atom. The van der Waals surface area contributed by atoms with E-state index in [0.29, 0.717) is 6.04 Å². The van der Waals surface area contributed by atoms with E-state index in [4.69, 9.17) is 0 Å². The van der Waals surface area contributed by atoms with Crippen LogP contribution >= 0.6 is 0 Å². The molecule has 2 nitrogen and oxygen atoms in total. The molecular formula is C17H34N2. The van der Waals surface area contributed by atoms with Crippen molar-refractivity contribution < 1.29 is 0 Å². The van der Waals surface area contributed by atoms with Crippen LogP contribution in [0.25, 0.3) is 0 Å². The second kappa shape index (κ2) is 7.64. The lowest BCUT2D eigenvalue weighted by molar-refractivity contribution is 0.131. The molecule has 0 radical (unpaired) electrons. The molecule has 2 fully saturated rings. The summed E-state index contributed by atoms with van der Waals surface area (Å²) in [5.74, 6) is 1.85. The minimum atomic E-state index is 0.711. The van der Waals surface area contributed by atoms with Crippen LogP contribution in [-0.2, 0) is 0 Å². The number of likely N-dealkylation sites (N-methyl/N-ethyl adjacent to an activating group) is 2. The van der Waals surface area contributed by atoms with Gasteiger partial charge in [-0.25, -0.2) is 0 Å². The molecule has 112 valence electrons. The number of rotatable bonds is 5. The topological polar surface area (TPSA) is 15.3 Å². The van der Waals surface area contributed by atoms with E-state index < -0.39 is 0 Å². The zero-order chi connectivity index (χ0) is 13.7. The molecule has 2 rings (SSSR count). The Morgan fingerprint density at radius 3 is 2.42 bits per heavy atom. The summed E-state index contributed by atoms with van der Waals surface area (Å²) in [5, 5.41) is 3.61. The highest BCUT2D eigenvalue weighted by Gasteiger charge is 2.27. The minimum absolute atomic E-state index is 0.711. The molecule has 2 aliphatic carbocycles. The first-order valence-corrected chi connectivity index (χ1v) is 8.58. The maximum Gasteiger partial charge on any atom is 0.0220 e. The van der Waals surface area contributed by atoms with E-state index in [1.165, 1.54) is 64.3 Å². The van der Waals surface area contributed by atoms with E-state index in [9.17, 15) is 0 Å². The van der Waals surface area contributed by atoms with Crippen LogP contribution < -0.4 is 5.32 Å². The molecule has 2 aliphatic rings. The van der Waals surface area contributed by atoms with E-state index in [-0.39, 0.29) is 0 Å². The summed E-state index contributed by atoms with van der Waals surface area (Å²) in [7, 11) is 4.52. The predicted octanol–water partition coefficient (Wildman–Crippen LogP) is 3.67. The van der Waals surface area contributed by atoms with Gasteiger partial charge in [-0.15, -0.1) is 0 Å². The smallest absolute Gasteiger partial charge is 0.0220 e. The highest BCUT2D eigenvalue weighted by atomic mass is 15.2. The highest BCUT2D eigenvalue weighted by Crippen LogP contribution is 2.29. The van der Waals surface area contributed by atoms with Gasteiger partial charge in [-0.05, 0) is 51.6 Å². The van der Waals surface area contributed by atoms with Crippen LogP contribution in [0.3, 0.4) is 0 Å². The molecule has 19 heavy (non-hydrogen) atoms. The lowest BCUT2D eigenvalue weighted by atomic mass is 9.82. The van der Waals surface area contributed by atoms with Crippen LogP contribution in [0, 0.1) is 11.8 Å². The third-order valence-electron chi connectivity index (χ3n) is 5.61. The van der Waals surface area contributed by atoms with Crippen LogP contribution in [0.15, 0.2) is 0 Å². The molecular weight excluding hydrogens is 232 g/mol. The van der Waals surface area contributed by atoms with Gasteiger partial charge in [0.1, 0.15) is 0 Å². The highest BCUT2D eigenvalue weighted by molar-refractivity contribution is 4.84. The molecule has 0 aliphatic heterocycles. The van der Waals surface area contributed by atoms with Gasteiger partial charge in [0.25, 0.3) is 0 Å². The van der Waals surface area contributed by atoms with Crippen molar-refractivity contribution in [2.24, 2.45) is 11.8 Å². The monoisotopic (exact) mass is 266 g/mol. The zero-order valence-electron chi connectivity index (χ0n) is 13.3. The summed E-state index contributed by atoms with van der Waals surface area (Å²) in [6.45, 7) is 3.68. The van der Waals surface area contributed by atoms with Crippen molar-refractivity contribution >= 4 is 0 Å². The normalized spacial score (nSPS) is 31.6. The molecule has 2 heteroatoms. The second-order valence-corrected chi connectivity index (χ2v) is 7.16. The molecule has 0 saturated heterocycles. The maximum atomic E-state index is 3.61. The number of nitrogens with one attached hydrogen (secondary N) is 1. The Balaban J connectivity index is 1.82. The first kappa shape index (κ1) is 15.3. The molecule has 0 aromatic heterocycles. The van der Waals surface area contributed by atoms with Crippen molar-refractivity contribution in [1.82, 2.24) is 10.2 Å². The quantitative estimate of drug-likeness (QED) is 0.817. The molecule has 3 atom stereocenters. The zero-order valence-corrected chi connectivity index (χ0v) is 13.3. The van der Waals surface area contributed by atoms with Crippen molar-refractivity contribution in [3.63, 3.8) is 0 Å². The van der Waals surface area contributed by atoms with Crippen LogP contribution in [-0.4, -0.2) is 37.6 Å². The summed E-state index contributed by atoms with van der Waals surface area (Å²) in [4.78, 5) is 2.66. The van der Waals surface area contributed by atoms with Crippen molar-refractivity contribution in [2.45, 2.75) is 76.8 Å². The van der Waals surface area contributed by atoms with Crippen molar-refractivity contribution in [1.29, 1.82) is 0 Å². The largest absolute Gasteiger partial charge is 0.315 e. The lowest BCUT2D eigenvalue weighted by Gasteiger charge is -2.38. The van der Waals surface area contributed by atoms with Crippen LogP contribution in [0.4, 0.5) is 0 Å². The Bertz CT molecular complexity index is 248. The van der Waals surface area contributed by atoms with Gasteiger partial charge in [0.05, 0.1) is 0 Å². The summed E-state index contributed by atoms with van der Waals surface area (Å²) < 4.78 is 0. The SMILES string of the molecule is CNC(CN(C)C1CCCC(C)C1)C1CCCCC1. The van der Waals surface area contributed by atoms with Crippen molar-refractivity contribution in [3.05, 3.63) is 0 Å². The summed E-state index contributed by atoms with van der Waals surface area (Å²) in [5.41, 5.74) is 0. The fourth-order valence-corrected chi connectivity index (χ4v) is 4.27. The average Bonchev–Trinajstić information content (AvgIpc) is 2.45. The third-order valence-corrected chi connectivity index (χ3v) is 5.61. The number of hydrogen-bond acceptors (Lipinski definition) is 2. The van der Waals surface area contributed by atoms with Crippen LogP contribution in [0.1, 0.15) is 64.7 Å². The predicted molar refractivity (Wildman–Crippen MR) is 83.5 cm³/mol. The molecule has 0 bridgehead atoms. The van der Waals surface area contributed by atoms with Gasteiger partial charge in [-0.1, -0.05) is 39.0 Å². The van der Waals surface area contributed by atoms with Crippen LogP contribution in [0.2, 0.25) is 0 Å². The lowest BCUT2D eigenvalue weighted by Crippen LogP contribution is -2.47. The molecule has 0 aromatic carbocycles. The molecule has 2 saturated carbocycles. The summed E-state index contributed by atoms with van der Waals surface area (Å²) >= 11 is 0. The number of hydrogen-bond donors (Lipinski definition) is 1. The van der Waals surface area contributed by atoms with Crippen LogP contribution in [0.5, 0.6) is 0 Å². The van der Waals surface area contributed by atoms with Crippen molar-refractivity contribution in [2.75, 3.05) is 20.6 Å². The molecule has 0 amide bonds. The fourth-order valence-electron chi connectivity index (χ4n) is 4.27. The van der Waals surface area contributed by atoms with Gasteiger partial charge < -0.3 is 10.2 Å². The Labute approximate surface area is 120 Å². The van der Waals surface area contributed by atoms with E-state index in [1.54, 1.807) is 0 Å². The third kappa shape index (κ3) is 4.46. The molecule has 1 N–H and O–H groups in total. The Kier molecular flexibility index (Phi) is 6.15. The van der Waals surface area contributed by atoms with Gasteiger partial charge in [-0.3, -0.25) is 0 Å². The second-order valence-electron chi connectivity index (χ2n) is 7.16. The van der Waals surface area contributed by atoms with E-state index >= 15 is 0 Å². The molecule has 3 unspecified atom stereocenters. The Morgan fingerprint density at radius 2 is 1.79 bits per heavy atom. The van der Waals surface area contributed by atoms with Gasteiger partial charge in [0, 0.05) is 18.6 Å². The van der Waals surface area contributed by atoms with Crippen molar-refractivity contribution in [3.8, 4) is 0 Å². The van der Waals surface area contributed by atoms with E-state index in [0.717, 1.165) is 17.9 Å². The Hall–Kier alpha value is -0.0800. The minimum Gasteiger partial charge on any atom is -0.315 e. The van der Waals surface area contributed by atoms with Gasteiger partial charge in [-0.2, -0.15) is 0 Å². The van der Waals surface area contributed by atoms with Gasteiger partial charge in [0.2, 0.25) is 0 Å². The summed E-state index contributed by atoms with van der Waals surface area (Å²) in [6.07, 6.45) is 13.0. The first-order valence-electron chi connectivity index (χ1n) is 8.58. The van der Waals surface area contributed by atoms with Gasteiger partial charge in [0.15, 0.2) is 0 Å². The first-order chi connectivity index (χ1) is 9.20. The average molecular weight is 266 g/mol. The number of nitrogens with zero attached hydrogens (tertiary/aromatic N) is 1. The van der Waals surface area contributed by atoms with E-state index in [1.807, 2.05) is 0 Å². The maximum absolute atomic E-state index is 3.61.